The summed E-state index contributed by atoms with van der Waals surface area (Å²) in [6.07, 6.45) is 2.93. The van der Waals surface area contributed by atoms with Gasteiger partial charge in [0.05, 0.1) is 18.3 Å². The molecule has 172 valence electrons. The Hall–Kier alpha value is -3.25. The Kier molecular flexibility index (Phi) is 5.97. The van der Waals surface area contributed by atoms with Crippen LogP contribution in [0.1, 0.15) is 63.3 Å². The van der Waals surface area contributed by atoms with Crippen molar-refractivity contribution < 1.29 is 15.0 Å². The molecule has 1 atom stereocenters. The molecule has 2 aromatic carbocycles. The van der Waals surface area contributed by atoms with Crippen LogP contribution in [0.3, 0.4) is 0 Å². The van der Waals surface area contributed by atoms with E-state index in [1.807, 2.05) is 18.2 Å². The topological polar surface area (TPSA) is 95.3 Å². The first-order chi connectivity index (χ1) is 15.6. The van der Waals surface area contributed by atoms with Gasteiger partial charge < -0.3 is 15.5 Å². The van der Waals surface area contributed by atoms with Crippen LogP contribution in [0.15, 0.2) is 54.7 Å². The van der Waals surface area contributed by atoms with Crippen LogP contribution in [0, 0.1) is 0 Å². The fourth-order valence-electron chi connectivity index (χ4n) is 4.65. The molecule has 3 aromatic rings. The second-order valence-electron chi connectivity index (χ2n) is 10.1. The molecule has 6 heteroatoms. The number of amides is 1. The Balaban J connectivity index is 1.66. The van der Waals surface area contributed by atoms with Crippen molar-refractivity contribution in [3.8, 4) is 22.6 Å². The fourth-order valence-corrected chi connectivity index (χ4v) is 4.65. The third-order valence-corrected chi connectivity index (χ3v) is 6.86. The molecule has 0 bridgehead atoms. The molecule has 1 amide bonds. The highest BCUT2D eigenvalue weighted by molar-refractivity contribution is 5.67. The number of carbonyl (C=O) groups is 1. The number of benzene rings is 2. The summed E-state index contributed by atoms with van der Waals surface area (Å²) < 4.78 is 0. The standard InChI is InChI=1S/C27H31N3O3/c1-26(2)12-13-27(3,4)21-15-19(9-10-20(21)26)22-11-14-28-24(29-22)18-7-5-17(6-8-18)23(16-31)30-25(32)33/h5-11,14-15,23,30-31H,12-13,16H2,1-4H3,(H,32,33). The first-order valence-electron chi connectivity index (χ1n) is 11.3. The molecule has 33 heavy (non-hydrogen) atoms. The lowest BCUT2D eigenvalue weighted by atomic mass is 9.63. The Bertz CT molecular complexity index is 1170. The minimum Gasteiger partial charge on any atom is -0.465 e. The van der Waals surface area contributed by atoms with E-state index in [2.05, 4.69) is 56.2 Å². The highest BCUT2D eigenvalue weighted by atomic mass is 16.4. The van der Waals surface area contributed by atoms with E-state index < -0.39 is 12.1 Å². The third-order valence-electron chi connectivity index (χ3n) is 6.86. The zero-order valence-electron chi connectivity index (χ0n) is 19.6. The molecule has 0 saturated carbocycles. The Morgan fingerprint density at radius 1 is 0.970 bits per heavy atom. The number of nitrogens with zero attached hydrogens (tertiary/aromatic N) is 2. The average molecular weight is 446 g/mol. The summed E-state index contributed by atoms with van der Waals surface area (Å²) in [6.45, 7) is 8.96. The third kappa shape index (κ3) is 4.62. The van der Waals surface area contributed by atoms with Crippen LogP contribution >= 0.6 is 0 Å². The minimum atomic E-state index is -1.18. The van der Waals surface area contributed by atoms with E-state index >= 15 is 0 Å². The van der Waals surface area contributed by atoms with Crippen molar-refractivity contribution in [2.75, 3.05) is 6.61 Å². The van der Waals surface area contributed by atoms with E-state index in [1.165, 1.54) is 17.5 Å². The zero-order chi connectivity index (χ0) is 23.8. The monoisotopic (exact) mass is 445 g/mol. The predicted molar refractivity (Wildman–Crippen MR) is 129 cm³/mol. The van der Waals surface area contributed by atoms with Gasteiger partial charge in [0.15, 0.2) is 5.82 Å². The van der Waals surface area contributed by atoms with E-state index in [9.17, 15) is 9.90 Å². The van der Waals surface area contributed by atoms with Gasteiger partial charge in [-0.25, -0.2) is 14.8 Å². The molecule has 0 aliphatic heterocycles. The van der Waals surface area contributed by atoms with Crippen molar-refractivity contribution in [3.05, 3.63) is 71.4 Å². The van der Waals surface area contributed by atoms with Crippen molar-refractivity contribution in [2.24, 2.45) is 0 Å². The number of nitrogens with one attached hydrogen (secondary N) is 1. The van der Waals surface area contributed by atoms with E-state index in [1.54, 1.807) is 18.3 Å². The fraction of sp³-hybridized carbons (Fsp3) is 0.370. The lowest BCUT2D eigenvalue weighted by molar-refractivity contribution is 0.177. The molecule has 6 nitrogen and oxygen atoms in total. The molecule has 0 saturated heterocycles. The summed E-state index contributed by atoms with van der Waals surface area (Å²) in [5.74, 6) is 0.600. The van der Waals surface area contributed by atoms with Gasteiger partial charge in [0.25, 0.3) is 0 Å². The molecule has 1 aromatic heterocycles. The van der Waals surface area contributed by atoms with E-state index in [0.717, 1.165) is 23.2 Å². The number of hydrogen-bond donors (Lipinski definition) is 3. The van der Waals surface area contributed by atoms with Crippen LogP contribution < -0.4 is 5.32 Å². The summed E-state index contributed by atoms with van der Waals surface area (Å²) in [6, 6.07) is 15.2. The Labute approximate surface area is 194 Å². The van der Waals surface area contributed by atoms with Gasteiger partial charge in [0, 0.05) is 17.3 Å². The molecule has 1 heterocycles. The second-order valence-corrected chi connectivity index (χ2v) is 10.1. The van der Waals surface area contributed by atoms with Crippen molar-refractivity contribution in [3.63, 3.8) is 0 Å². The maximum atomic E-state index is 10.9. The van der Waals surface area contributed by atoms with Gasteiger partial charge in [-0.2, -0.15) is 0 Å². The number of hydrogen-bond acceptors (Lipinski definition) is 4. The minimum absolute atomic E-state index is 0.125. The molecule has 1 unspecified atom stereocenters. The van der Waals surface area contributed by atoms with Crippen molar-refractivity contribution in [1.82, 2.24) is 15.3 Å². The SMILES string of the molecule is CC1(C)CCC(C)(C)c2cc(-c3ccnc(-c4ccc(C(CO)NC(=O)O)cc4)n3)ccc21. The van der Waals surface area contributed by atoms with Crippen LogP contribution in [0.4, 0.5) is 4.79 Å². The number of aromatic nitrogens is 2. The molecule has 3 N–H and O–H groups in total. The largest absolute Gasteiger partial charge is 0.465 e. The molecule has 0 spiro atoms. The van der Waals surface area contributed by atoms with Gasteiger partial charge in [0.1, 0.15) is 0 Å². The molecule has 0 fully saturated rings. The Morgan fingerprint density at radius 2 is 1.61 bits per heavy atom. The summed E-state index contributed by atoms with van der Waals surface area (Å²) in [5.41, 5.74) is 6.55. The van der Waals surface area contributed by atoms with E-state index in [0.29, 0.717) is 11.4 Å². The summed E-state index contributed by atoms with van der Waals surface area (Å²) in [5, 5.41) is 20.7. The van der Waals surface area contributed by atoms with Crippen molar-refractivity contribution in [2.45, 2.75) is 57.4 Å². The number of rotatable bonds is 5. The molecule has 4 rings (SSSR count). The predicted octanol–water partition coefficient (Wildman–Crippen LogP) is 5.46. The number of carboxylic acid groups (broad SMARTS) is 1. The summed E-state index contributed by atoms with van der Waals surface area (Å²) in [7, 11) is 0. The Morgan fingerprint density at radius 3 is 2.24 bits per heavy atom. The van der Waals surface area contributed by atoms with Crippen LogP contribution in [0.25, 0.3) is 22.6 Å². The van der Waals surface area contributed by atoms with Crippen LogP contribution in [0.2, 0.25) is 0 Å². The molecular formula is C27H31N3O3. The lowest BCUT2D eigenvalue weighted by Gasteiger charge is -2.42. The van der Waals surface area contributed by atoms with Crippen LogP contribution in [-0.4, -0.2) is 32.9 Å². The van der Waals surface area contributed by atoms with Gasteiger partial charge in [-0.15, -0.1) is 0 Å². The normalized spacial score (nSPS) is 17.1. The molecule has 1 aliphatic carbocycles. The number of aliphatic hydroxyl groups excluding tert-OH is 1. The van der Waals surface area contributed by atoms with E-state index in [-0.39, 0.29) is 17.4 Å². The van der Waals surface area contributed by atoms with Gasteiger partial charge >= 0.3 is 6.09 Å². The van der Waals surface area contributed by atoms with Crippen molar-refractivity contribution in [1.29, 1.82) is 0 Å². The quantitative estimate of drug-likeness (QED) is 0.485. The lowest BCUT2D eigenvalue weighted by Crippen LogP contribution is -2.33. The van der Waals surface area contributed by atoms with E-state index in [4.69, 9.17) is 10.1 Å². The van der Waals surface area contributed by atoms with Gasteiger partial charge in [-0.3, -0.25) is 0 Å². The smallest absolute Gasteiger partial charge is 0.405 e. The zero-order valence-corrected chi connectivity index (χ0v) is 19.6. The number of fused-ring (bicyclic) bond motifs is 1. The molecule has 1 aliphatic rings. The maximum absolute atomic E-state index is 10.9. The number of aliphatic hydroxyl groups is 1. The van der Waals surface area contributed by atoms with Crippen LogP contribution in [-0.2, 0) is 10.8 Å². The first kappa shape index (κ1) is 22.9. The highest BCUT2D eigenvalue weighted by Crippen LogP contribution is 2.46. The summed E-state index contributed by atoms with van der Waals surface area (Å²) >= 11 is 0. The maximum Gasteiger partial charge on any atom is 0.405 e. The summed E-state index contributed by atoms with van der Waals surface area (Å²) in [4.78, 5) is 20.2. The van der Waals surface area contributed by atoms with Gasteiger partial charge in [0.2, 0.25) is 0 Å². The van der Waals surface area contributed by atoms with Gasteiger partial charge in [-0.05, 0) is 52.5 Å². The average Bonchev–Trinajstić information content (AvgIpc) is 2.80. The molecule has 0 radical (unpaired) electrons. The van der Waals surface area contributed by atoms with Crippen LogP contribution in [0.5, 0.6) is 0 Å². The molecular weight excluding hydrogens is 414 g/mol. The second kappa shape index (κ2) is 8.60. The highest BCUT2D eigenvalue weighted by Gasteiger charge is 2.37. The van der Waals surface area contributed by atoms with Crippen molar-refractivity contribution >= 4 is 6.09 Å². The van der Waals surface area contributed by atoms with Gasteiger partial charge in [-0.1, -0.05) is 64.1 Å². The first-order valence-corrected chi connectivity index (χ1v) is 11.3.